The lowest BCUT2D eigenvalue weighted by Crippen LogP contribution is -2.34. The molecule has 3 heteroatoms. The largest absolute Gasteiger partial charge is 0.488 e. The summed E-state index contributed by atoms with van der Waals surface area (Å²) in [5.41, 5.74) is -1.19. The molecule has 0 saturated carbocycles. The van der Waals surface area contributed by atoms with Crippen LogP contribution in [0.3, 0.4) is 0 Å². The molecule has 2 nitrogen and oxygen atoms in total. The van der Waals surface area contributed by atoms with E-state index in [0.29, 0.717) is 0 Å². The Hall–Kier alpha value is -0.795. The molecule has 11 heavy (non-hydrogen) atoms. The number of hydrogen-bond acceptors (Lipinski definition) is 2. The summed E-state index contributed by atoms with van der Waals surface area (Å²) in [4.78, 5) is 0. The molecule has 0 unspecified atom stereocenters. The molecule has 1 aromatic rings. The quantitative estimate of drug-likeness (QED) is 0.561. The summed E-state index contributed by atoms with van der Waals surface area (Å²) in [5, 5.41) is 18.3. The highest BCUT2D eigenvalue weighted by atomic mass is 16.4. The molecule has 0 fully saturated rings. The summed E-state index contributed by atoms with van der Waals surface area (Å²) < 4.78 is 43.4. The first-order valence-corrected chi connectivity index (χ1v) is 3.05. The Balaban J connectivity index is 3.55. The Labute approximate surface area is 75.1 Å². The van der Waals surface area contributed by atoms with Crippen LogP contribution in [-0.2, 0) is 0 Å². The first kappa shape index (κ1) is 3.29. The first-order chi connectivity index (χ1) is 7.55. The van der Waals surface area contributed by atoms with Crippen LogP contribution in [0.15, 0.2) is 18.2 Å². The van der Waals surface area contributed by atoms with Crippen molar-refractivity contribution >= 4 is 12.6 Å². The molecule has 0 amide bonds. The summed E-state index contributed by atoms with van der Waals surface area (Å²) in [6.07, 6.45) is 0. The van der Waals surface area contributed by atoms with Crippen LogP contribution in [0.1, 0.15) is 19.4 Å². The van der Waals surface area contributed by atoms with E-state index >= 15 is 0 Å². The van der Waals surface area contributed by atoms with E-state index in [9.17, 15) is 0 Å². The molecule has 0 bridgehead atoms. The Kier molecular flexibility index (Phi) is 0.919. The average Bonchev–Trinajstić information content (AvgIpc) is 2.13. The van der Waals surface area contributed by atoms with Crippen molar-refractivity contribution in [3.8, 4) is 0 Å². The molecule has 0 aliphatic carbocycles. The van der Waals surface area contributed by atoms with Gasteiger partial charge in [0.05, 0.1) is 0 Å². The van der Waals surface area contributed by atoms with Crippen LogP contribution in [0.5, 0.6) is 0 Å². The second-order valence-electron chi connectivity index (χ2n) is 2.14. The third kappa shape index (κ3) is 1.61. The van der Waals surface area contributed by atoms with Crippen LogP contribution in [0.4, 0.5) is 0 Å². The third-order valence-electron chi connectivity index (χ3n) is 1.36. The SMILES string of the molecule is [2H]C([2H])([2H])c1cccc(C([2H])([2H])[2H])c1B(O)O. The van der Waals surface area contributed by atoms with Gasteiger partial charge in [-0.05, 0) is 19.2 Å². The summed E-state index contributed by atoms with van der Waals surface area (Å²) in [6.45, 7) is -5.19. The van der Waals surface area contributed by atoms with Crippen molar-refractivity contribution in [1.82, 2.24) is 0 Å². The van der Waals surface area contributed by atoms with E-state index in [2.05, 4.69) is 0 Å². The Morgan fingerprint density at radius 2 is 1.82 bits per heavy atom. The number of benzene rings is 1. The van der Waals surface area contributed by atoms with Crippen LogP contribution < -0.4 is 5.46 Å². The molecule has 1 rings (SSSR count). The van der Waals surface area contributed by atoms with E-state index in [4.69, 9.17) is 18.3 Å². The highest BCUT2D eigenvalue weighted by Crippen LogP contribution is 1.99. The van der Waals surface area contributed by atoms with Crippen molar-refractivity contribution in [2.45, 2.75) is 13.7 Å². The van der Waals surface area contributed by atoms with Crippen LogP contribution in [0.2, 0.25) is 0 Å². The van der Waals surface area contributed by atoms with Gasteiger partial charge in [-0.15, -0.1) is 0 Å². The smallest absolute Gasteiger partial charge is 0.423 e. The molecule has 0 radical (unpaired) electrons. The summed E-state index contributed by atoms with van der Waals surface area (Å²) in [7, 11) is -2.14. The molecule has 0 heterocycles. The van der Waals surface area contributed by atoms with E-state index in [1.54, 1.807) is 0 Å². The molecule has 0 atom stereocenters. The summed E-state index contributed by atoms with van der Waals surface area (Å²) in [5.74, 6) is 0. The third-order valence-corrected chi connectivity index (χ3v) is 1.36. The lowest BCUT2D eigenvalue weighted by molar-refractivity contribution is 0.425. The minimum Gasteiger partial charge on any atom is -0.423 e. The Bertz CT molecular complexity index is 379. The van der Waals surface area contributed by atoms with Crippen molar-refractivity contribution in [2.75, 3.05) is 0 Å². The molecule has 2 N–H and O–H groups in total. The summed E-state index contributed by atoms with van der Waals surface area (Å²) in [6, 6.07) is 3.60. The lowest BCUT2D eigenvalue weighted by Gasteiger charge is -2.06. The maximum atomic E-state index is 9.17. The maximum Gasteiger partial charge on any atom is 0.488 e. The Morgan fingerprint density at radius 3 is 2.18 bits per heavy atom. The van der Waals surface area contributed by atoms with Gasteiger partial charge in [0.25, 0.3) is 0 Å². The highest BCUT2D eigenvalue weighted by molar-refractivity contribution is 6.59. The van der Waals surface area contributed by atoms with E-state index in [1.807, 2.05) is 0 Å². The zero-order valence-electron chi connectivity index (χ0n) is 11.7. The maximum absolute atomic E-state index is 9.17. The van der Waals surface area contributed by atoms with Crippen molar-refractivity contribution in [1.29, 1.82) is 0 Å². The Morgan fingerprint density at radius 1 is 1.27 bits per heavy atom. The normalized spacial score (nSPS) is 20.2. The summed E-state index contributed by atoms with van der Waals surface area (Å²) >= 11 is 0. The van der Waals surface area contributed by atoms with Crippen molar-refractivity contribution in [2.24, 2.45) is 0 Å². The fourth-order valence-corrected chi connectivity index (χ4v) is 0.843. The zero-order chi connectivity index (χ0) is 13.4. The predicted octanol–water partition coefficient (Wildman–Crippen LogP) is -0.0168. The van der Waals surface area contributed by atoms with E-state index < -0.39 is 26.3 Å². The molecule has 1 aromatic carbocycles. The molecular weight excluding hydrogens is 139 g/mol. The van der Waals surface area contributed by atoms with Crippen LogP contribution in [0, 0.1) is 13.7 Å². The second-order valence-corrected chi connectivity index (χ2v) is 2.14. The molecular formula is C8H11BO2. The fourth-order valence-electron chi connectivity index (χ4n) is 0.843. The van der Waals surface area contributed by atoms with Gasteiger partial charge >= 0.3 is 7.12 Å². The number of hydrogen-bond donors (Lipinski definition) is 2. The molecule has 0 aliphatic heterocycles. The van der Waals surface area contributed by atoms with Gasteiger partial charge in [-0.1, -0.05) is 29.3 Å². The number of aryl methyl sites for hydroxylation is 2. The minimum atomic E-state index is -2.60. The monoisotopic (exact) mass is 156 g/mol. The van der Waals surface area contributed by atoms with Crippen molar-refractivity contribution in [3.05, 3.63) is 29.3 Å². The second kappa shape index (κ2) is 3.07. The van der Waals surface area contributed by atoms with Gasteiger partial charge < -0.3 is 10.0 Å². The topological polar surface area (TPSA) is 40.5 Å². The van der Waals surface area contributed by atoms with Gasteiger partial charge in [-0.25, -0.2) is 0 Å². The molecule has 0 spiro atoms. The average molecular weight is 156 g/mol. The predicted molar refractivity (Wildman–Crippen MR) is 45.7 cm³/mol. The van der Waals surface area contributed by atoms with Crippen molar-refractivity contribution in [3.63, 3.8) is 0 Å². The van der Waals surface area contributed by atoms with E-state index in [-0.39, 0.29) is 11.1 Å². The molecule has 0 saturated heterocycles. The van der Waals surface area contributed by atoms with Crippen LogP contribution >= 0.6 is 0 Å². The van der Waals surface area contributed by atoms with E-state index in [1.165, 1.54) is 6.07 Å². The molecule has 0 aromatic heterocycles. The van der Waals surface area contributed by atoms with Crippen LogP contribution in [0.25, 0.3) is 0 Å². The lowest BCUT2D eigenvalue weighted by atomic mass is 9.74. The molecule has 58 valence electrons. The number of rotatable bonds is 1. The minimum absolute atomic E-state index is 0.360. The highest BCUT2D eigenvalue weighted by Gasteiger charge is 2.15. The van der Waals surface area contributed by atoms with Crippen LogP contribution in [-0.4, -0.2) is 17.2 Å². The van der Waals surface area contributed by atoms with Gasteiger partial charge in [0.2, 0.25) is 0 Å². The van der Waals surface area contributed by atoms with Crippen molar-refractivity contribution < 1.29 is 18.3 Å². The molecule has 0 aliphatic rings. The van der Waals surface area contributed by atoms with Gasteiger partial charge in [0.1, 0.15) is 0 Å². The first-order valence-electron chi connectivity index (χ1n) is 6.05. The standard InChI is InChI=1S/C8H11BO2/c1-6-4-3-5-7(2)8(6)9(10)11/h3-5,10-11H,1-2H3/i1D3,2D3. The van der Waals surface area contributed by atoms with Gasteiger partial charge in [0, 0.05) is 8.22 Å². The van der Waals surface area contributed by atoms with E-state index in [0.717, 1.165) is 12.1 Å². The zero-order valence-corrected chi connectivity index (χ0v) is 5.70. The van der Waals surface area contributed by atoms with Gasteiger partial charge in [0.15, 0.2) is 0 Å². The fraction of sp³-hybridized carbons (Fsp3) is 0.250. The van der Waals surface area contributed by atoms with Gasteiger partial charge in [-0.3, -0.25) is 0 Å². The van der Waals surface area contributed by atoms with Gasteiger partial charge in [-0.2, -0.15) is 0 Å².